The molecule has 2 N–H and O–H groups in total. The van der Waals surface area contributed by atoms with E-state index in [0.29, 0.717) is 5.00 Å². The Morgan fingerprint density at radius 3 is 2.53 bits per heavy atom. The largest absolute Gasteiger partial charge is 0.390 e. The fourth-order valence-electron chi connectivity index (χ4n) is 1.95. The van der Waals surface area contributed by atoms with Crippen molar-refractivity contribution in [2.75, 3.05) is 5.73 Å². The van der Waals surface area contributed by atoms with E-state index in [1.54, 1.807) is 11.3 Å². The van der Waals surface area contributed by atoms with Crippen LogP contribution in [0.1, 0.15) is 60.8 Å². The second-order valence-electron chi connectivity index (χ2n) is 4.87. The van der Waals surface area contributed by atoms with Crippen molar-refractivity contribution >= 4 is 22.1 Å². The lowest BCUT2D eigenvalue weighted by molar-refractivity contribution is 0.0940. The number of thiophene rings is 1. The summed E-state index contributed by atoms with van der Waals surface area (Å²) in [6.45, 7) is 8.08. The number of hydrogen-bond acceptors (Lipinski definition) is 3. The molecule has 0 unspecified atom stereocenters. The number of ketones is 1. The molecule has 1 aromatic heterocycles. The zero-order valence-electron chi connectivity index (χ0n) is 11.3. The topological polar surface area (TPSA) is 43.1 Å². The van der Waals surface area contributed by atoms with Crippen molar-refractivity contribution in [3.8, 4) is 0 Å². The first-order valence-electron chi connectivity index (χ1n) is 6.41. The monoisotopic (exact) mass is 253 g/mol. The molecule has 1 heterocycles. The normalized spacial score (nSPS) is 11.1. The van der Waals surface area contributed by atoms with E-state index in [0.717, 1.165) is 17.5 Å². The number of nitrogen functional groups attached to an aromatic ring is 1. The van der Waals surface area contributed by atoms with E-state index >= 15 is 0 Å². The first-order valence-corrected chi connectivity index (χ1v) is 7.22. The molecule has 0 aromatic carbocycles. The van der Waals surface area contributed by atoms with Crippen LogP contribution in [0.3, 0.4) is 0 Å². The van der Waals surface area contributed by atoms with Crippen LogP contribution in [0.15, 0.2) is 0 Å². The molecule has 0 aliphatic heterocycles. The van der Waals surface area contributed by atoms with Crippen molar-refractivity contribution in [1.82, 2.24) is 0 Å². The minimum absolute atomic E-state index is 0.0223. The molecule has 0 fully saturated rings. The number of rotatable bonds is 6. The number of Topliss-reactive ketones (excluding diaryl/α,β-unsaturated/α-hetero) is 1. The molecule has 96 valence electrons. The molecule has 1 aromatic rings. The van der Waals surface area contributed by atoms with Gasteiger partial charge in [0.05, 0.1) is 10.6 Å². The molecule has 1 rings (SSSR count). The van der Waals surface area contributed by atoms with Gasteiger partial charge in [0.1, 0.15) is 0 Å². The van der Waals surface area contributed by atoms with Crippen molar-refractivity contribution in [2.24, 2.45) is 5.92 Å². The molecule has 0 aliphatic rings. The molecule has 0 aliphatic carbocycles. The van der Waals surface area contributed by atoms with E-state index < -0.39 is 0 Å². The smallest absolute Gasteiger partial charge is 0.168 e. The van der Waals surface area contributed by atoms with Gasteiger partial charge in [-0.05, 0) is 25.3 Å². The lowest BCUT2D eigenvalue weighted by Gasteiger charge is -2.05. The number of carbonyl (C=O) groups is 1. The molecule has 3 heteroatoms. The highest BCUT2D eigenvalue weighted by molar-refractivity contribution is 7.16. The van der Waals surface area contributed by atoms with E-state index in [9.17, 15) is 4.79 Å². The molecule has 0 radical (unpaired) electrons. The fraction of sp³-hybridized carbons (Fsp3) is 0.643. The lowest BCUT2D eigenvalue weighted by atomic mass is 9.98. The summed E-state index contributed by atoms with van der Waals surface area (Å²) in [6, 6.07) is 0. The van der Waals surface area contributed by atoms with Gasteiger partial charge in [0.15, 0.2) is 5.78 Å². The van der Waals surface area contributed by atoms with Crippen LogP contribution in [-0.4, -0.2) is 5.78 Å². The fourth-order valence-corrected chi connectivity index (χ4v) is 3.08. The van der Waals surface area contributed by atoms with Crippen LogP contribution in [0, 0.1) is 12.8 Å². The third kappa shape index (κ3) is 3.32. The number of aryl methyl sites for hydroxylation is 1. The summed E-state index contributed by atoms with van der Waals surface area (Å²) < 4.78 is 0. The molecule has 0 amide bonds. The Morgan fingerprint density at radius 2 is 2.00 bits per heavy atom. The molecule has 0 saturated heterocycles. The average molecular weight is 253 g/mol. The SMILES string of the molecule is CCCCCc1sc(N)c(C(=O)C(C)C)c1C. The molecule has 0 bridgehead atoms. The van der Waals surface area contributed by atoms with Crippen molar-refractivity contribution in [2.45, 2.75) is 53.4 Å². The highest BCUT2D eigenvalue weighted by Crippen LogP contribution is 2.33. The van der Waals surface area contributed by atoms with E-state index in [1.807, 2.05) is 20.8 Å². The Hall–Kier alpha value is -0.830. The molecule has 0 spiro atoms. The molecular weight excluding hydrogens is 230 g/mol. The highest BCUT2D eigenvalue weighted by Gasteiger charge is 2.20. The number of unbranched alkanes of at least 4 members (excludes halogenated alkanes) is 2. The summed E-state index contributed by atoms with van der Waals surface area (Å²) in [6.07, 6.45) is 4.70. The molecule has 0 saturated carbocycles. The van der Waals surface area contributed by atoms with Crippen LogP contribution >= 0.6 is 11.3 Å². The third-order valence-electron chi connectivity index (χ3n) is 3.05. The van der Waals surface area contributed by atoms with Gasteiger partial charge in [-0.1, -0.05) is 33.6 Å². The quantitative estimate of drug-likeness (QED) is 0.609. The van der Waals surface area contributed by atoms with Gasteiger partial charge in [-0.15, -0.1) is 11.3 Å². The lowest BCUT2D eigenvalue weighted by Crippen LogP contribution is -2.10. The number of carbonyl (C=O) groups excluding carboxylic acids is 1. The zero-order chi connectivity index (χ0) is 13.0. The summed E-state index contributed by atoms with van der Waals surface area (Å²) >= 11 is 1.59. The van der Waals surface area contributed by atoms with Crippen molar-refractivity contribution in [3.05, 3.63) is 16.0 Å². The Morgan fingerprint density at radius 1 is 1.35 bits per heavy atom. The number of anilines is 1. The Labute approximate surface area is 108 Å². The molecule has 2 nitrogen and oxygen atoms in total. The van der Waals surface area contributed by atoms with Crippen molar-refractivity contribution < 1.29 is 4.79 Å². The minimum Gasteiger partial charge on any atom is -0.390 e. The summed E-state index contributed by atoms with van der Waals surface area (Å²) in [5.41, 5.74) is 7.87. The van der Waals surface area contributed by atoms with Crippen LogP contribution in [0.4, 0.5) is 5.00 Å². The molecular formula is C14H23NOS. The van der Waals surface area contributed by atoms with Crippen LogP contribution in [0.5, 0.6) is 0 Å². The minimum atomic E-state index is 0.0223. The Balaban J connectivity index is 2.90. The van der Waals surface area contributed by atoms with Crippen LogP contribution in [0.25, 0.3) is 0 Å². The van der Waals surface area contributed by atoms with Gasteiger partial charge >= 0.3 is 0 Å². The first kappa shape index (κ1) is 14.2. The maximum atomic E-state index is 12.1. The van der Waals surface area contributed by atoms with E-state index in [2.05, 4.69) is 6.92 Å². The van der Waals surface area contributed by atoms with Gasteiger partial charge in [-0.25, -0.2) is 0 Å². The standard InChI is InChI=1S/C14H23NOS/c1-5-6-7-8-11-10(4)12(14(15)17-11)13(16)9(2)3/h9H,5-8,15H2,1-4H3. The summed E-state index contributed by atoms with van der Waals surface area (Å²) in [5, 5.41) is 0.702. The second kappa shape index (κ2) is 6.20. The van der Waals surface area contributed by atoms with Crippen molar-refractivity contribution in [1.29, 1.82) is 0 Å². The number of hydrogen-bond donors (Lipinski definition) is 1. The zero-order valence-corrected chi connectivity index (χ0v) is 12.1. The number of nitrogens with two attached hydrogens (primary N) is 1. The Kier molecular flexibility index (Phi) is 5.19. The Bertz CT molecular complexity index is 393. The van der Waals surface area contributed by atoms with Gasteiger partial charge in [0.25, 0.3) is 0 Å². The van der Waals surface area contributed by atoms with Gasteiger partial charge in [-0.3, -0.25) is 4.79 Å². The second-order valence-corrected chi connectivity index (χ2v) is 6.00. The maximum absolute atomic E-state index is 12.1. The highest BCUT2D eigenvalue weighted by atomic mass is 32.1. The van der Waals surface area contributed by atoms with E-state index in [4.69, 9.17) is 5.73 Å². The van der Waals surface area contributed by atoms with Crippen LogP contribution in [0.2, 0.25) is 0 Å². The summed E-state index contributed by atoms with van der Waals surface area (Å²) in [5.74, 6) is 0.201. The predicted molar refractivity (Wildman–Crippen MR) is 75.9 cm³/mol. The average Bonchev–Trinajstić information content (AvgIpc) is 2.54. The van der Waals surface area contributed by atoms with Crippen molar-refractivity contribution in [3.63, 3.8) is 0 Å². The van der Waals surface area contributed by atoms with Gasteiger partial charge in [0, 0.05) is 10.8 Å². The van der Waals surface area contributed by atoms with Crippen LogP contribution < -0.4 is 5.73 Å². The summed E-state index contributed by atoms with van der Waals surface area (Å²) in [7, 11) is 0. The predicted octanol–water partition coefficient (Wildman–Crippen LogP) is 4.21. The van der Waals surface area contributed by atoms with Crippen LogP contribution in [-0.2, 0) is 6.42 Å². The molecule has 17 heavy (non-hydrogen) atoms. The van der Waals surface area contributed by atoms with Gasteiger partial charge < -0.3 is 5.73 Å². The van der Waals surface area contributed by atoms with E-state index in [-0.39, 0.29) is 11.7 Å². The maximum Gasteiger partial charge on any atom is 0.168 e. The third-order valence-corrected chi connectivity index (χ3v) is 4.23. The van der Waals surface area contributed by atoms with E-state index in [1.165, 1.54) is 24.1 Å². The first-order chi connectivity index (χ1) is 7.99. The van der Waals surface area contributed by atoms with Gasteiger partial charge in [-0.2, -0.15) is 0 Å². The molecule has 0 atom stereocenters. The summed E-state index contributed by atoms with van der Waals surface area (Å²) in [4.78, 5) is 13.3. The van der Waals surface area contributed by atoms with Gasteiger partial charge in [0.2, 0.25) is 0 Å².